The number of carboxylic acids is 1. The van der Waals surface area contributed by atoms with Crippen LogP contribution in [0.4, 0.5) is 0 Å². The molecule has 0 bridgehead atoms. The van der Waals surface area contributed by atoms with Crippen LogP contribution < -0.4 is 10.1 Å². The predicted molar refractivity (Wildman–Crippen MR) is 119 cm³/mol. The van der Waals surface area contributed by atoms with Gasteiger partial charge in [-0.25, -0.2) is 9.48 Å². The van der Waals surface area contributed by atoms with Crippen LogP contribution in [0.2, 0.25) is 0 Å². The molecule has 2 N–H and O–H groups in total. The van der Waals surface area contributed by atoms with Gasteiger partial charge in [-0.2, -0.15) is 0 Å². The molecule has 11 nitrogen and oxygen atoms in total. The molecule has 0 radical (unpaired) electrons. The van der Waals surface area contributed by atoms with Gasteiger partial charge in [-0.3, -0.25) is 14.5 Å². The van der Waals surface area contributed by atoms with E-state index in [1.807, 2.05) is 18.2 Å². The molecular formula is C20H20N6O5S2. The van der Waals surface area contributed by atoms with Gasteiger partial charge >= 0.3 is 5.97 Å². The van der Waals surface area contributed by atoms with Gasteiger partial charge in [-0.15, -0.1) is 16.9 Å². The lowest BCUT2D eigenvalue weighted by molar-refractivity contribution is -0.150. The molecule has 0 spiro atoms. The molecule has 5 rings (SSSR count). The van der Waals surface area contributed by atoms with E-state index in [-0.39, 0.29) is 18.0 Å². The monoisotopic (exact) mass is 488 g/mol. The number of aryl methyl sites for hydroxylation is 1. The number of aliphatic carboxylic acids is 1. The van der Waals surface area contributed by atoms with Crippen LogP contribution in [0.1, 0.15) is 11.1 Å². The molecule has 1 aromatic heterocycles. The lowest BCUT2D eigenvalue weighted by Gasteiger charge is -2.49. The Labute approximate surface area is 196 Å². The molecule has 2 unspecified atom stereocenters. The van der Waals surface area contributed by atoms with Gasteiger partial charge in [-0.1, -0.05) is 23.9 Å². The van der Waals surface area contributed by atoms with Gasteiger partial charge < -0.3 is 15.2 Å². The molecule has 1 saturated heterocycles. The number of ether oxygens (including phenoxy) is 1. The fourth-order valence-corrected chi connectivity index (χ4v) is 6.38. The van der Waals surface area contributed by atoms with Crippen LogP contribution >= 0.6 is 23.5 Å². The highest BCUT2D eigenvalue weighted by Crippen LogP contribution is 2.41. The highest BCUT2D eigenvalue weighted by Gasteiger charge is 2.54. The van der Waals surface area contributed by atoms with Crippen molar-refractivity contribution in [3.8, 4) is 5.75 Å². The van der Waals surface area contributed by atoms with Crippen molar-refractivity contribution in [3.63, 3.8) is 0 Å². The van der Waals surface area contributed by atoms with Gasteiger partial charge in [0.05, 0.1) is 13.0 Å². The highest BCUT2D eigenvalue weighted by atomic mass is 32.2. The average molecular weight is 489 g/mol. The van der Waals surface area contributed by atoms with Gasteiger partial charge in [-0.05, 0) is 33.2 Å². The van der Waals surface area contributed by atoms with E-state index in [2.05, 4.69) is 20.8 Å². The first kappa shape index (κ1) is 21.8. The van der Waals surface area contributed by atoms with E-state index in [0.717, 1.165) is 23.3 Å². The Morgan fingerprint density at radius 2 is 2.24 bits per heavy atom. The number of tetrazole rings is 1. The zero-order valence-corrected chi connectivity index (χ0v) is 19.2. The highest BCUT2D eigenvalue weighted by molar-refractivity contribution is 8.01. The molecule has 0 aliphatic carbocycles. The third-order valence-corrected chi connectivity index (χ3v) is 8.08. The van der Waals surface area contributed by atoms with Crippen molar-refractivity contribution in [2.45, 2.75) is 29.4 Å². The number of thioether (sulfide) groups is 2. The summed E-state index contributed by atoms with van der Waals surface area (Å²) in [6, 6.07) is 4.91. The number of benzene rings is 1. The lowest BCUT2D eigenvalue weighted by Crippen LogP contribution is -2.70. The Kier molecular flexibility index (Phi) is 5.74. The first-order valence-corrected chi connectivity index (χ1v) is 12.2. The van der Waals surface area contributed by atoms with Gasteiger partial charge in [0.25, 0.3) is 5.91 Å². The Morgan fingerprint density at radius 3 is 3.00 bits per heavy atom. The minimum Gasteiger partial charge on any atom is -0.493 e. The zero-order valence-electron chi connectivity index (χ0n) is 17.6. The van der Waals surface area contributed by atoms with E-state index < -0.39 is 23.3 Å². The van der Waals surface area contributed by atoms with E-state index in [9.17, 15) is 19.5 Å². The number of hydrogen-bond donors (Lipinski definition) is 2. The van der Waals surface area contributed by atoms with E-state index in [1.165, 1.54) is 33.1 Å². The van der Waals surface area contributed by atoms with Crippen LogP contribution in [-0.2, 0) is 34.3 Å². The minimum atomic E-state index is -1.16. The molecule has 33 heavy (non-hydrogen) atoms. The first-order chi connectivity index (χ1) is 15.9. The third-order valence-electron chi connectivity index (χ3n) is 5.64. The number of carbonyl (C=O) groups excluding carboxylic acids is 2. The van der Waals surface area contributed by atoms with Crippen LogP contribution in [0.5, 0.6) is 5.75 Å². The maximum Gasteiger partial charge on any atom is 0.352 e. The maximum absolute atomic E-state index is 12.8. The van der Waals surface area contributed by atoms with Gasteiger partial charge in [0.1, 0.15) is 22.9 Å². The molecule has 2 atom stereocenters. The minimum absolute atomic E-state index is 0.0181. The topological polar surface area (TPSA) is 140 Å². The summed E-state index contributed by atoms with van der Waals surface area (Å²) >= 11 is 2.75. The van der Waals surface area contributed by atoms with Gasteiger partial charge in [0, 0.05) is 25.0 Å². The predicted octanol–water partition coefficient (Wildman–Crippen LogP) is 0.218. The summed E-state index contributed by atoms with van der Waals surface area (Å²) in [7, 11) is 1.70. The van der Waals surface area contributed by atoms with Gasteiger partial charge in [0.2, 0.25) is 11.1 Å². The molecule has 1 aromatic carbocycles. The van der Waals surface area contributed by atoms with Crippen LogP contribution in [0.25, 0.3) is 0 Å². The second kappa shape index (κ2) is 8.71. The molecule has 0 saturated carbocycles. The summed E-state index contributed by atoms with van der Waals surface area (Å²) in [5.41, 5.74) is 2.53. The largest absolute Gasteiger partial charge is 0.493 e. The molecule has 13 heteroatoms. The number of aromatic nitrogens is 4. The Hall–Kier alpha value is -3.06. The molecule has 1 fully saturated rings. The van der Waals surface area contributed by atoms with Crippen LogP contribution in [0.3, 0.4) is 0 Å². The van der Waals surface area contributed by atoms with Crippen LogP contribution in [-0.4, -0.2) is 77.5 Å². The summed E-state index contributed by atoms with van der Waals surface area (Å²) in [5, 5.41) is 23.9. The number of carbonyl (C=O) groups is 3. The molecule has 2 aromatic rings. The summed E-state index contributed by atoms with van der Waals surface area (Å²) in [5.74, 6) is -0.220. The summed E-state index contributed by atoms with van der Waals surface area (Å²) in [4.78, 5) is 38.7. The van der Waals surface area contributed by atoms with Crippen molar-refractivity contribution >= 4 is 41.3 Å². The number of rotatable bonds is 7. The second-order valence-corrected chi connectivity index (χ2v) is 9.85. The van der Waals surface area contributed by atoms with Crippen LogP contribution in [0, 0.1) is 0 Å². The Balaban J connectivity index is 1.24. The first-order valence-electron chi connectivity index (χ1n) is 10.2. The summed E-state index contributed by atoms with van der Waals surface area (Å²) < 4.78 is 6.99. The van der Waals surface area contributed by atoms with Crippen molar-refractivity contribution in [1.29, 1.82) is 0 Å². The van der Waals surface area contributed by atoms with Crippen LogP contribution in [0.15, 0.2) is 34.6 Å². The third kappa shape index (κ3) is 4.06. The number of β-lactam (4-membered cyclic amide) rings is 1. The SMILES string of the molecule is Cn1nnnc1SCC1=C(C(=O)O)N2C(=O)C(NC(=O)Cc3ccc4c(c3)CCO4)C2SC1. The molecule has 2 amide bonds. The fourth-order valence-electron chi connectivity index (χ4n) is 4.05. The number of nitrogens with one attached hydrogen (secondary N) is 1. The van der Waals surface area contributed by atoms with Gasteiger partial charge in [0.15, 0.2) is 0 Å². The van der Waals surface area contributed by atoms with Crippen molar-refractivity contribution < 1.29 is 24.2 Å². The molecule has 3 aliphatic rings. The fraction of sp³-hybridized carbons (Fsp3) is 0.400. The van der Waals surface area contributed by atoms with E-state index >= 15 is 0 Å². The Morgan fingerprint density at radius 1 is 1.39 bits per heavy atom. The van der Waals surface area contributed by atoms with Crippen molar-refractivity contribution in [1.82, 2.24) is 30.4 Å². The number of carboxylic acid groups (broad SMARTS) is 1. The van der Waals surface area contributed by atoms with Crippen molar-refractivity contribution in [2.75, 3.05) is 18.1 Å². The maximum atomic E-state index is 12.8. The zero-order chi connectivity index (χ0) is 23.1. The number of nitrogens with zero attached hydrogens (tertiary/aromatic N) is 5. The standard InChI is InChI=1S/C20H20N6O5S2/c1-25-20(22-23-24-25)33-9-12-8-32-18-15(17(28)26(18)16(12)19(29)30)21-14(27)7-10-2-3-13-11(6-10)4-5-31-13/h2-3,6,15,18H,4-5,7-9H2,1H3,(H,21,27)(H,29,30). The second-order valence-electron chi connectivity index (χ2n) is 7.80. The van der Waals surface area contributed by atoms with Crippen molar-refractivity contribution in [2.24, 2.45) is 7.05 Å². The average Bonchev–Trinajstić information content (AvgIpc) is 3.43. The van der Waals surface area contributed by atoms with E-state index in [1.54, 1.807) is 7.05 Å². The Bertz CT molecular complexity index is 1180. The normalized spacial score (nSPS) is 21.2. The number of fused-ring (bicyclic) bond motifs is 2. The lowest BCUT2D eigenvalue weighted by atomic mass is 10.0. The smallest absolute Gasteiger partial charge is 0.352 e. The molecule has 4 heterocycles. The quantitative estimate of drug-likeness (QED) is 0.411. The summed E-state index contributed by atoms with van der Waals surface area (Å²) in [6.07, 6.45) is 0.960. The number of amides is 2. The van der Waals surface area contributed by atoms with Crippen molar-refractivity contribution in [3.05, 3.63) is 40.6 Å². The van der Waals surface area contributed by atoms with E-state index in [4.69, 9.17) is 4.74 Å². The summed E-state index contributed by atoms with van der Waals surface area (Å²) in [6.45, 7) is 0.645. The molecule has 172 valence electrons. The molecule has 3 aliphatic heterocycles. The molecular weight excluding hydrogens is 468 g/mol. The number of hydrogen-bond acceptors (Lipinski definition) is 9. The van der Waals surface area contributed by atoms with E-state index in [0.29, 0.717) is 28.8 Å².